The molecule has 1 N–H and O–H groups in total. The van der Waals surface area contributed by atoms with E-state index in [0.717, 1.165) is 23.2 Å². The quantitative estimate of drug-likeness (QED) is 0.148. The summed E-state index contributed by atoms with van der Waals surface area (Å²) in [6.45, 7) is 4.81. The monoisotopic (exact) mass is 626 g/mol. The van der Waals surface area contributed by atoms with E-state index in [1.54, 1.807) is 31.2 Å². The Morgan fingerprint density at radius 3 is 2.30 bits per heavy atom. The van der Waals surface area contributed by atoms with Crippen LogP contribution in [0.5, 0.6) is 11.5 Å². The number of rotatable bonds is 15. The molecule has 13 heteroatoms. The fraction of sp³-hybridized carbons (Fsp3) is 0.355. The zero-order valence-corrected chi connectivity index (χ0v) is 26.3. The average Bonchev–Trinajstić information content (AvgIpc) is 3.02. The van der Waals surface area contributed by atoms with E-state index in [2.05, 4.69) is 5.32 Å². The third-order valence-corrected chi connectivity index (χ3v) is 8.86. The van der Waals surface area contributed by atoms with Gasteiger partial charge in [0.05, 0.1) is 29.7 Å². The third kappa shape index (κ3) is 8.25. The van der Waals surface area contributed by atoms with E-state index in [0.29, 0.717) is 23.6 Å². The molecule has 0 unspecified atom stereocenters. The standard InChI is InChI=1S/C31H38N4O8S/c1-6-7-17-32-31(37)23(3)33(20-24-9-8-10-27(18-24)43-5)30(36)21-34(25-12-14-26(42-4)15-13-25)44(40,41)28-16-11-22(2)29(19-28)35(38)39/h8-16,18-19,23H,6-7,17,20-21H2,1-5H3,(H,32,37)/t23-/m0/s1. The molecule has 0 heterocycles. The Kier molecular flexibility index (Phi) is 11.7. The maximum Gasteiger partial charge on any atom is 0.273 e. The van der Waals surface area contributed by atoms with Gasteiger partial charge in [-0.1, -0.05) is 31.5 Å². The molecular formula is C31H38N4O8S. The molecule has 3 aromatic rings. The zero-order chi connectivity index (χ0) is 32.4. The van der Waals surface area contributed by atoms with Gasteiger partial charge in [-0.2, -0.15) is 0 Å². The van der Waals surface area contributed by atoms with Crippen LogP contribution in [-0.2, 0) is 26.2 Å². The summed E-state index contributed by atoms with van der Waals surface area (Å²) >= 11 is 0. The van der Waals surface area contributed by atoms with Crippen molar-refractivity contribution in [3.05, 3.63) is 88.0 Å². The van der Waals surface area contributed by atoms with Crippen LogP contribution in [0.3, 0.4) is 0 Å². The number of ether oxygens (including phenoxy) is 2. The number of nitro groups is 1. The highest BCUT2D eigenvalue weighted by Crippen LogP contribution is 2.29. The number of hydrogen-bond acceptors (Lipinski definition) is 8. The first kappa shape index (κ1) is 33.8. The Hall–Kier alpha value is -4.65. The van der Waals surface area contributed by atoms with Gasteiger partial charge in [-0.25, -0.2) is 8.42 Å². The van der Waals surface area contributed by atoms with Crippen molar-refractivity contribution < 1.29 is 32.4 Å². The lowest BCUT2D eigenvalue weighted by molar-refractivity contribution is -0.385. The van der Waals surface area contributed by atoms with E-state index in [1.807, 2.05) is 6.92 Å². The fourth-order valence-electron chi connectivity index (χ4n) is 4.44. The number of amides is 2. The number of nitrogens with zero attached hydrogens (tertiary/aromatic N) is 3. The number of hydrogen-bond donors (Lipinski definition) is 1. The molecule has 44 heavy (non-hydrogen) atoms. The molecule has 0 spiro atoms. The maximum absolute atomic E-state index is 14.1. The SMILES string of the molecule is CCCCNC(=O)[C@H](C)N(Cc1cccc(OC)c1)C(=O)CN(c1ccc(OC)cc1)S(=O)(=O)c1ccc(C)c([N+](=O)[O-])c1. The van der Waals surface area contributed by atoms with Gasteiger partial charge in [0.2, 0.25) is 11.8 Å². The summed E-state index contributed by atoms with van der Waals surface area (Å²) in [5.74, 6) is -0.0338. The van der Waals surface area contributed by atoms with E-state index in [-0.39, 0.29) is 34.3 Å². The second-order valence-corrected chi connectivity index (χ2v) is 12.0. The Morgan fingerprint density at radius 2 is 1.68 bits per heavy atom. The molecule has 2 amide bonds. The Bertz CT molecular complexity index is 1580. The Morgan fingerprint density at radius 1 is 1.00 bits per heavy atom. The largest absolute Gasteiger partial charge is 0.497 e. The van der Waals surface area contributed by atoms with Gasteiger partial charge in [-0.05, 0) is 68.3 Å². The van der Waals surface area contributed by atoms with Crippen LogP contribution in [0.2, 0.25) is 0 Å². The Labute approximate surface area is 257 Å². The molecule has 1 atom stereocenters. The van der Waals surface area contributed by atoms with Crippen molar-refractivity contribution in [1.82, 2.24) is 10.2 Å². The summed E-state index contributed by atoms with van der Waals surface area (Å²) in [4.78, 5) is 39.1. The lowest BCUT2D eigenvalue weighted by atomic mass is 10.1. The minimum absolute atomic E-state index is 0.00903. The van der Waals surface area contributed by atoms with Crippen LogP contribution in [0, 0.1) is 17.0 Å². The van der Waals surface area contributed by atoms with Crippen LogP contribution < -0.4 is 19.1 Å². The van der Waals surface area contributed by atoms with Crippen molar-refractivity contribution in [2.75, 3.05) is 31.6 Å². The number of sulfonamides is 1. The van der Waals surface area contributed by atoms with E-state index in [9.17, 15) is 28.1 Å². The highest BCUT2D eigenvalue weighted by molar-refractivity contribution is 7.92. The zero-order valence-electron chi connectivity index (χ0n) is 25.5. The molecule has 0 aliphatic carbocycles. The second-order valence-electron chi connectivity index (χ2n) is 10.1. The molecule has 0 aliphatic heterocycles. The van der Waals surface area contributed by atoms with Gasteiger partial charge in [0.1, 0.15) is 24.1 Å². The van der Waals surface area contributed by atoms with E-state index in [4.69, 9.17) is 9.47 Å². The number of nitrogens with one attached hydrogen (secondary N) is 1. The van der Waals surface area contributed by atoms with Crippen molar-refractivity contribution in [3.63, 3.8) is 0 Å². The van der Waals surface area contributed by atoms with Crippen molar-refractivity contribution in [1.29, 1.82) is 0 Å². The van der Waals surface area contributed by atoms with Gasteiger partial charge in [-0.15, -0.1) is 0 Å². The van der Waals surface area contributed by atoms with Crippen LogP contribution in [0.25, 0.3) is 0 Å². The van der Waals surface area contributed by atoms with Gasteiger partial charge in [0, 0.05) is 24.7 Å². The molecule has 12 nitrogen and oxygen atoms in total. The van der Waals surface area contributed by atoms with E-state index < -0.39 is 33.4 Å². The second kappa shape index (κ2) is 15.2. The van der Waals surface area contributed by atoms with Crippen molar-refractivity contribution in [3.8, 4) is 11.5 Å². The molecule has 0 aromatic heterocycles. The number of aryl methyl sites for hydroxylation is 1. The molecule has 0 aliphatic rings. The van der Waals surface area contributed by atoms with Crippen LogP contribution >= 0.6 is 0 Å². The molecule has 0 fully saturated rings. The predicted octanol–water partition coefficient (Wildman–Crippen LogP) is 4.45. The maximum atomic E-state index is 14.1. The van der Waals surface area contributed by atoms with Gasteiger partial charge < -0.3 is 19.7 Å². The van der Waals surface area contributed by atoms with Gasteiger partial charge in [0.15, 0.2) is 0 Å². The number of nitro benzene ring substituents is 1. The van der Waals surface area contributed by atoms with Crippen LogP contribution in [0.4, 0.5) is 11.4 Å². The van der Waals surface area contributed by atoms with E-state index >= 15 is 0 Å². The molecule has 236 valence electrons. The van der Waals surface area contributed by atoms with Gasteiger partial charge >= 0.3 is 0 Å². The van der Waals surface area contributed by atoms with Crippen LogP contribution in [-0.4, -0.2) is 63.4 Å². The summed E-state index contributed by atoms with van der Waals surface area (Å²) in [5.41, 5.74) is 0.709. The number of anilines is 1. The first-order valence-corrected chi connectivity index (χ1v) is 15.5. The summed E-state index contributed by atoms with van der Waals surface area (Å²) in [6.07, 6.45) is 1.63. The van der Waals surface area contributed by atoms with E-state index in [1.165, 1.54) is 62.4 Å². The smallest absolute Gasteiger partial charge is 0.273 e. The average molecular weight is 627 g/mol. The number of carbonyl (C=O) groups is 2. The normalized spacial score (nSPS) is 11.8. The Balaban J connectivity index is 2.07. The van der Waals surface area contributed by atoms with Crippen molar-refractivity contribution in [2.24, 2.45) is 0 Å². The molecule has 3 rings (SSSR count). The third-order valence-electron chi connectivity index (χ3n) is 7.09. The fourth-order valence-corrected chi connectivity index (χ4v) is 5.87. The van der Waals surface area contributed by atoms with Gasteiger partial charge in [-0.3, -0.25) is 24.0 Å². The molecule has 0 saturated carbocycles. The minimum Gasteiger partial charge on any atom is -0.497 e. The van der Waals surface area contributed by atoms with Gasteiger partial charge in [0.25, 0.3) is 15.7 Å². The predicted molar refractivity (Wildman–Crippen MR) is 166 cm³/mol. The lowest BCUT2D eigenvalue weighted by Gasteiger charge is -2.32. The minimum atomic E-state index is -4.50. The molecule has 3 aromatic carbocycles. The number of carbonyl (C=O) groups excluding carboxylic acids is 2. The molecule has 0 bridgehead atoms. The summed E-state index contributed by atoms with van der Waals surface area (Å²) < 4.78 is 39.5. The summed E-state index contributed by atoms with van der Waals surface area (Å²) in [7, 11) is -1.53. The highest BCUT2D eigenvalue weighted by atomic mass is 32.2. The molecular weight excluding hydrogens is 588 g/mol. The van der Waals surface area contributed by atoms with Crippen LogP contribution in [0.15, 0.2) is 71.6 Å². The summed E-state index contributed by atoms with van der Waals surface area (Å²) in [6, 6.07) is 15.6. The highest BCUT2D eigenvalue weighted by Gasteiger charge is 2.33. The van der Waals surface area contributed by atoms with Crippen LogP contribution in [0.1, 0.15) is 37.8 Å². The lowest BCUT2D eigenvalue weighted by Crippen LogP contribution is -2.51. The topological polar surface area (TPSA) is 148 Å². The number of unbranched alkanes of at least 4 members (excludes halogenated alkanes) is 1. The first-order valence-electron chi connectivity index (χ1n) is 14.0. The number of methoxy groups -OCH3 is 2. The van der Waals surface area contributed by atoms with Crippen molar-refractivity contribution in [2.45, 2.75) is 51.1 Å². The number of benzene rings is 3. The first-order chi connectivity index (χ1) is 20.9. The van der Waals surface area contributed by atoms with Crippen molar-refractivity contribution >= 4 is 33.2 Å². The molecule has 0 saturated heterocycles. The molecule has 0 radical (unpaired) electrons. The summed E-state index contributed by atoms with van der Waals surface area (Å²) in [5, 5.41) is 14.4.